The van der Waals surface area contributed by atoms with Crippen molar-refractivity contribution in [1.82, 2.24) is 9.88 Å². The molecule has 2 fully saturated rings. The van der Waals surface area contributed by atoms with E-state index in [1.165, 1.54) is 25.7 Å². The summed E-state index contributed by atoms with van der Waals surface area (Å²) in [5.41, 5.74) is 0.727. The maximum Gasteiger partial charge on any atom is 0.255 e. The monoisotopic (exact) mass is 273 g/mol. The summed E-state index contributed by atoms with van der Waals surface area (Å²) in [5, 5.41) is 0. The molecule has 0 aromatic carbocycles. The minimum absolute atomic E-state index is 0.136. The van der Waals surface area contributed by atoms with Crippen LogP contribution in [-0.4, -0.2) is 42.0 Å². The molecule has 3 rings (SSSR count). The van der Waals surface area contributed by atoms with Crippen LogP contribution >= 0.6 is 0 Å². The van der Waals surface area contributed by atoms with E-state index in [1.54, 1.807) is 6.20 Å². The van der Waals surface area contributed by atoms with Crippen molar-refractivity contribution in [3.05, 3.63) is 23.9 Å². The molecule has 0 saturated carbocycles. The van der Waals surface area contributed by atoms with Crippen LogP contribution in [0.15, 0.2) is 18.3 Å². The Hall–Kier alpha value is -1.58. The van der Waals surface area contributed by atoms with Crippen LogP contribution in [0.1, 0.15) is 48.9 Å². The van der Waals surface area contributed by atoms with Crippen molar-refractivity contribution in [2.45, 2.75) is 38.5 Å². The van der Waals surface area contributed by atoms with Gasteiger partial charge < -0.3 is 9.80 Å². The molecule has 0 aliphatic carbocycles. The molecule has 2 saturated heterocycles. The Labute approximate surface area is 120 Å². The Morgan fingerprint density at radius 3 is 2.15 bits per heavy atom. The van der Waals surface area contributed by atoms with Gasteiger partial charge in [-0.15, -0.1) is 0 Å². The normalized spacial score (nSPS) is 20.0. The fraction of sp³-hybridized carbons (Fsp3) is 0.625. The molecule has 1 aromatic rings. The van der Waals surface area contributed by atoms with Crippen LogP contribution in [0.25, 0.3) is 0 Å². The summed E-state index contributed by atoms with van der Waals surface area (Å²) in [6.45, 7) is 3.97. The van der Waals surface area contributed by atoms with Crippen molar-refractivity contribution in [3.63, 3.8) is 0 Å². The van der Waals surface area contributed by atoms with Crippen molar-refractivity contribution in [2.75, 3.05) is 31.1 Å². The van der Waals surface area contributed by atoms with E-state index >= 15 is 0 Å². The lowest BCUT2D eigenvalue weighted by molar-refractivity contribution is 0.0792. The van der Waals surface area contributed by atoms with Gasteiger partial charge in [0.1, 0.15) is 5.82 Å². The van der Waals surface area contributed by atoms with Gasteiger partial charge in [0.05, 0.1) is 5.56 Å². The van der Waals surface area contributed by atoms with E-state index in [-0.39, 0.29) is 5.91 Å². The van der Waals surface area contributed by atoms with Crippen LogP contribution in [-0.2, 0) is 0 Å². The second-order valence-electron chi connectivity index (χ2n) is 5.81. The van der Waals surface area contributed by atoms with Gasteiger partial charge in [0.2, 0.25) is 0 Å². The molecule has 1 aromatic heterocycles. The summed E-state index contributed by atoms with van der Waals surface area (Å²) in [4.78, 5) is 21.1. The van der Waals surface area contributed by atoms with Crippen molar-refractivity contribution in [3.8, 4) is 0 Å². The second kappa shape index (κ2) is 6.25. The van der Waals surface area contributed by atoms with E-state index in [4.69, 9.17) is 0 Å². The van der Waals surface area contributed by atoms with Crippen LogP contribution in [0.2, 0.25) is 0 Å². The predicted octanol–water partition coefficient (Wildman–Crippen LogP) is 2.70. The summed E-state index contributed by atoms with van der Waals surface area (Å²) in [6.07, 6.45) is 9.15. The number of pyridine rings is 1. The molecule has 0 spiro atoms. The summed E-state index contributed by atoms with van der Waals surface area (Å²) in [6, 6.07) is 3.95. The molecule has 20 heavy (non-hydrogen) atoms. The molecule has 0 atom stereocenters. The van der Waals surface area contributed by atoms with Crippen molar-refractivity contribution in [1.29, 1.82) is 0 Å². The average Bonchev–Trinajstić information content (AvgIpc) is 2.89. The van der Waals surface area contributed by atoms with Gasteiger partial charge in [0.25, 0.3) is 5.91 Å². The van der Waals surface area contributed by atoms with Gasteiger partial charge in [-0.3, -0.25) is 4.79 Å². The molecule has 0 bridgehead atoms. The van der Waals surface area contributed by atoms with E-state index in [0.29, 0.717) is 0 Å². The number of hydrogen-bond acceptors (Lipinski definition) is 3. The Bertz CT molecular complexity index is 443. The van der Waals surface area contributed by atoms with Gasteiger partial charge in [0, 0.05) is 32.4 Å². The highest BCUT2D eigenvalue weighted by molar-refractivity contribution is 5.94. The highest BCUT2D eigenvalue weighted by Gasteiger charge is 2.20. The molecule has 2 aliphatic rings. The summed E-state index contributed by atoms with van der Waals surface area (Å²) < 4.78 is 0. The zero-order valence-electron chi connectivity index (χ0n) is 12.1. The van der Waals surface area contributed by atoms with E-state index in [9.17, 15) is 4.79 Å². The van der Waals surface area contributed by atoms with Gasteiger partial charge in [0.15, 0.2) is 0 Å². The molecule has 0 N–H and O–H groups in total. The number of hydrogen-bond donors (Lipinski definition) is 0. The number of anilines is 1. The van der Waals surface area contributed by atoms with Crippen molar-refractivity contribution >= 4 is 11.7 Å². The minimum atomic E-state index is 0.136. The number of rotatable bonds is 2. The van der Waals surface area contributed by atoms with E-state index in [2.05, 4.69) is 9.88 Å². The number of aromatic nitrogens is 1. The third-order valence-corrected chi connectivity index (χ3v) is 4.32. The molecule has 1 amide bonds. The van der Waals surface area contributed by atoms with E-state index in [0.717, 1.165) is 50.4 Å². The van der Waals surface area contributed by atoms with Gasteiger partial charge in [-0.05, 0) is 37.8 Å². The highest BCUT2D eigenvalue weighted by atomic mass is 16.2. The summed E-state index contributed by atoms with van der Waals surface area (Å²) in [5.74, 6) is 1.15. The standard InChI is InChI=1S/C16H23N3O/c20-16(19-11-5-6-12-19)14-7-8-15(17-13-14)18-9-3-1-2-4-10-18/h7-8,13H,1-6,9-12H2. The summed E-state index contributed by atoms with van der Waals surface area (Å²) in [7, 11) is 0. The zero-order chi connectivity index (χ0) is 13.8. The SMILES string of the molecule is O=C(c1ccc(N2CCCCCC2)nc1)N1CCCC1. The molecular weight excluding hydrogens is 250 g/mol. The second-order valence-corrected chi connectivity index (χ2v) is 5.81. The molecule has 108 valence electrons. The molecule has 4 heteroatoms. The quantitative estimate of drug-likeness (QED) is 0.831. The first-order chi connectivity index (χ1) is 9.84. The molecular formula is C16H23N3O. The molecule has 3 heterocycles. The number of carbonyl (C=O) groups excluding carboxylic acids is 1. The molecule has 0 radical (unpaired) electrons. The highest BCUT2D eigenvalue weighted by Crippen LogP contribution is 2.18. The van der Waals surface area contributed by atoms with Crippen LogP contribution in [0.4, 0.5) is 5.82 Å². The minimum Gasteiger partial charge on any atom is -0.357 e. The smallest absolute Gasteiger partial charge is 0.255 e. The Kier molecular flexibility index (Phi) is 4.19. The summed E-state index contributed by atoms with van der Waals surface area (Å²) >= 11 is 0. The fourth-order valence-electron chi connectivity index (χ4n) is 3.10. The predicted molar refractivity (Wildman–Crippen MR) is 80.1 cm³/mol. The first-order valence-electron chi connectivity index (χ1n) is 7.85. The molecule has 4 nitrogen and oxygen atoms in total. The van der Waals surface area contributed by atoms with E-state index in [1.807, 2.05) is 17.0 Å². The Balaban J connectivity index is 1.68. The Morgan fingerprint density at radius 2 is 1.55 bits per heavy atom. The maximum atomic E-state index is 12.3. The van der Waals surface area contributed by atoms with Crippen LogP contribution in [0.5, 0.6) is 0 Å². The number of carbonyl (C=O) groups is 1. The molecule has 2 aliphatic heterocycles. The van der Waals surface area contributed by atoms with Gasteiger partial charge in [-0.1, -0.05) is 12.8 Å². The third kappa shape index (κ3) is 2.94. The van der Waals surface area contributed by atoms with Crippen LogP contribution in [0.3, 0.4) is 0 Å². The first-order valence-corrected chi connectivity index (χ1v) is 7.85. The lowest BCUT2D eigenvalue weighted by atomic mass is 10.2. The van der Waals surface area contributed by atoms with Crippen molar-refractivity contribution < 1.29 is 4.79 Å². The zero-order valence-corrected chi connectivity index (χ0v) is 12.1. The number of amides is 1. The maximum absolute atomic E-state index is 12.3. The topological polar surface area (TPSA) is 36.4 Å². The van der Waals surface area contributed by atoms with Gasteiger partial charge in [-0.2, -0.15) is 0 Å². The number of nitrogens with zero attached hydrogens (tertiary/aromatic N) is 3. The largest absolute Gasteiger partial charge is 0.357 e. The average molecular weight is 273 g/mol. The van der Waals surface area contributed by atoms with Gasteiger partial charge in [-0.25, -0.2) is 4.98 Å². The fourth-order valence-corrected chi connectivity index (χ4v) is 3.10. The van der Waals surface area contributed by atoms with E-state index < -0.39 is 0 Å². The molecule has 0 unspecified atom stereocenters. The number of likely N-dealkylation sites (tertiary alicyclic amines) is 1. The van der Waals surface area contributed by atoms with Crippen LogP contribution in [0, 0.1) is 0 Å². The van der Waals surface area contributed by atoms with Crippen LogP contribution < -0.4 is 4.90 Å². The van der Waals surface area contributed by atoms with Gasteiger partial charge >= 0.3 is 0 Å². The lowest BCUT2D eigenvalue weighted by Crippen LogP contribution is -2.28. The Morgan fingerprint density at radius 1 is 0.900 bits per heavy atom. The third-order valence-electron chi connectivity index (χ3n) is 4.32. The lowest BCUT2D eigenvalue weighted by Gasteiger charge is -2.21. The first kappa shape index (κ1) is 13.4. The van der Waals surface area contributed by atoms with Crippen molar-refractivity contribution in [2.24, 2.45) is 0 Å².